The Morgan fingerprint density at radius 1 is 0.676 bits per heavy atom. The summed E-state index contributed by atoms with van der Waals surface area (Å²) in [5.41, 5.74) is 6.99. The number of phenols is 3. The zero-order valence-electron chi connectivity index (χ0n) is 18.8. The van der Waals surface area contributed by atoms with Crippen LogP contribution in [0.1, 0.15) is 51.3 Å². The Hall–Kier alpha value is -4.66. The topological polar surface area (TPSA) is 144 Å². The van der Waals surface area contributed by atoms with Crippen molar-refractivity contribution in [2.75, 3.05) is 0 Å². The molecule has 0 aliphatic carbocycles. The van der Waals surface area contributed by atoms with E-state index < -0.39 is 11.8 Å². The highest BCUT2D eigenvalue weighted by Gasteiger charge is 2.16. The van der Waals surface area contributed by atoms with E-state index in [0.717, 1.165) is 5.56 Å². The number of aromatic hydroxyl groups is 3. The van der Waals surface area contributed by atoms with Gasteiger partial charge in [0.2, 0.25) is 0 Å². The first-order valence-corrected chi connectivity index (χ1v) is 10.3. The predicted molar refractivity (Wildman–Crippen MR) is 128 cm³/mol. The number of benzene rings is 3. The molecule has 9 heteroatoms. The molecule has 174 valence electrons. The number of nitrogens with zero attached hydrogens (tertiary/aromatic N) is 2. The van der Waals surface area contributed by atoms with Crippen molar-refractivity contribution in [3.8, 4) is 17.2 Å². The molecular weight excluding hydrogens is 436 g/mol. The fraction of sp³-hybridized carbons (Fsp3) is 0.120. The van der Waals surface area contributed by atoms with Gasteiger partial charge >= 0.3 is 0 Å². The minimum atomic E-state index is -0.602. The lowest BCUT2D eigenvalue weighted by Crippen LogP contribution is -2.20. The largest absolute Gasteiger partial charge is 0.507 e. The number of hydrazone groups is 2. The van der Waals surface area contributed by atoms with E-state index >= 15 is 0 Å². The zero-order valence-corrected chi connectivity index (χ0v) is 18.8. The number of carbonyl (C=O) groups excluding carboxylic acids is 2. The van der Waals surface area contributed by atoms with Gasteiger partial charge in [0.1, 0.15) is 17.2 Å². The van der Waals surface area contributed by atoms with Crippen LogP contribution in [-0.4, -0.2) is 38.6 Å². The first-order chi connectivity index (χ1) is 16.2. The van der Waals surface area contributed by atoms with Crippen LogP contribution in [-0.2, 0) is 0 Å². The molecule has 0 saturated carbocycles. The Bertz CT molecular complexity index is 1220. The molecular formula is C25H24N4O5. The second-order valence-corrected chi connectivity index (χ2v) is 7.52. The number of hydrogen-bond acceptors (Lipinski definition) is 7. The van der Waals surface area contributed by atoms with Gasteiger partial charge in [-0.1, -0.05) is 24.3 Å². The first kappa shape index (κ1) is 24.0. The van der Waals surface area contributed by atoms with E-state index in [4.69, 9.17) is 0 Å². The van der Waals surface area contributed by atoms with E-state index in [9.17, 15) is 24.9 Å². The van der Waals surface area contributed by atoms with Crippen molar-refractivity contribution in [3.63, 3.8) is 0 Å². The lowest BCUT2D eigenvalue weighted by atomic mass is 9.99. The minimum Gasteiger partial charge on any atom is -0.507 e. The van der Waals surface area contributed by atoms with Gasteiger partial charge in [-0.2, -0.15) is 10.2 Å². The lowest BCUT2D eigenvalue weighted by molar-refractivity contribution is 0.0943. The van der Waals surface area contributed by atoms with Crippen molar-refractivity contribution in [1.29, 1.82) is 0 Å². The molecule has 0 atom stereocenters. The number of phenolic OH excluding ortho intramolecular Hbond substituents is 3. The smallest absolute Gasteiger partial charge is 0.275 e. The third kappa shape index (κ3) is 5.39. The van der Waals surface area contributed by atoms with E-state index in [1.807, 2.05) is 6.92 Å². The summed E-state index contributed by atoms with van der Waals surface area (Å²) in [6.45, 7) is 5.03. The fourth-order valence-corrected chi connectivity index (χ4v) is 3.17. The van der Waals surface area contributed by atoms with Gasteiger partial charge < -0.3 is 15.3 Å². The maximum atomic E-state index is 12.3. The van der Waals surface area contributed by atoms with Crippen molar-refractivity contribution >= 4 is 23.2 Å². The maximum Gasteiger partial charge on any atom is 0.275 e. The summed E-state index contributed by atoms with van der Waals surface area (Å²) in [4.78, 5) is 24.6. The van der Waals surface area contributed by atoms with E-state index in [2.05, 4.69) is 21.1 Å². The number of nitrogens with one attached hydrogen (secondary N) is 2. The zero-order chi connectivity index (χ0) is 24.8. The van der Waals surface area contributed by atoms with Crippen LogP contribution in [0.4, 0.5) is 0 Å². The van der Waals surface area contributed by atoms with Crippen LogP contribution in [0.25, 0.3) is 0 Å². The number of para-hydroxylation sites is 2. The monoisotopic (exact) mass is 460 g/mol. The van der Waals surface area contributed by atoms with Crippen molar-refractivity contribution in [1.82, 2.24) is 10.9 Å². The first-order valence-electron chi connectivity index (χ1n) is 10.3. The summed E-state index contributed by atoms with van der Waals surface area (Å²) < 4.78 is 0. The van der Waals surface area contributed by atoms with Gasteiger partial charge in [-0.15, -0.1) is 0 Å². The second kappa shape index (κ2) is 10.3. The summed E-state index contributed by atoms with van der Waals surface area (Å²) in [5, 5.41) is 38.6. The van der Waals surface area contributed by atoms with Crippen LogP contribution in [0.15, 0.2) is 70.9 Å². The lowest BCUT2D eigenvalue weighted by Gasteiger charge is -2.12. The summed E-state index contributed by atoms with van der Waals surface area (Å²) in [7, 11) is 0. The summed E-state index contributed by atoms with van der Waals surface area (Å²) >= 11 is 0. The van der Waals surface area contributed by atoms with Crippen LogP contribution in [0.3, 0.4) is 0 Å². The number of rotatable bonds is 6. The quantitative estimate of drug-likeness (QED) is 0.283. The molecule has 3 aromatic carbocycles. The van der Waals surface area contributed by atoms with Gasteiger partial charge in [-0.3, -0.25) is 9.59 Å². The fourth-order valence-electron chi connectivity index (χ4n) is 3.17. The molecule has 34 heavy (non-hydrogen) atoms. The Kier molecular flexibility index (Phi) is 7.27. The molecule has 0 fully saturated rings. The number of amides is 2. The normalized spacial score (nSPS) is 11.7. The minimum absolute atomic E-state index is 0.0661. The molecule has 3 rings (SSSR count). The molecule has 0 unspecified atom stereocenters. The standard InChI is InChI=1S/C25H24N4O5/c1-14-12-19(15(2)26-28-24(33)17-8-4-6-10-21(17)30)23(32)20(13-14)16(3)27-29-25(34)18-9-5-7-11-22(18)31/h4-13,30-32H,1-3H3,(H,28,33)(H,29,34). The highest BCUT2D eigenvalue weighted by atomic mass is 16.3. The Labute approximate surface area is 196 Å². The van der Waals surface area contributed by atoms with Crippen LogP contribution in [0.5, 0.6) is 17.2 Å². The molecule has 0 radical (unpaired) electrons. The Balaban J connectivity index is 1.83. The van der Waals surface area contributed by atoms with Gasteiger partial charge in [0.05, 0.1) is 22.6 Å². The third-order valence-electron chi connectivity index (χ3n) is 4.98. The van der Waals surface area contributed by atoms with Gasteiger partial charge in [0.15, 0.2) is 0 Å². The molecule has 0 bridgehead atoms. The van der Waals surface area contributed by atoms with Crippen molar-refractivity contribution < 1.29 is 24.9 Å². The SMILES string of the molecule is CC(=NNC(=O)c1ccccc1O)c1cc(C)cc(C(C)=NNC(=O)c2ccccc2O)c1O. The maximum absolute atomic E-state index is 12.3. The molecule has 9 nitrogen and oxygen atoms in total. The van der Waals surface area contributed by atoms with E-state index in [1.165, 1.54) is 24.3 Å². The van der Waals surface area contributed by atoms with Crippen LogP contribution in [0.2, 0.25) is 0 Å². The van der Waals surface area contributed by atoms with Crippen LogP contribution < -0.4 is 10.9 Å². The summed E-state index contributed by atoms with van der Waals surface area (Å²) in [6, 6.07) is 15.5. The summed E-state index contributed by atoms with van der Waals surface area (Å²) in [5.74, 6) is -1.69. The van der Waals surface area contributed by atoms with Crippen molar-refractivity contribution in [3.05, 3.63) is 88.5 Å². The molecule has 0 heterocycles. The Morgan fingerprint density at radius 3 is 1.44 bits per heavy atom. The van der Waals surface area contributed by atoms with E-state index in [0.29, 0.717) is 22.6 Å². The average molecular weight is 460 g/mol. The molecule has 0 saturated heterocycles. The molecule has 2 amide bonds. The van der Waals surface area contributed by atoms with Crippen LogP contribution in [0, 0.1) is 6.92 Å². The number of hydrogen-bond donors (Lipinski definition) is 5. The number of aryl methyl sites for hydroxylation is 1. The third-order valence-corrected chi connectivity index (χ3v) is 4.98. The van der Waals surface area contributed by atoms with E-state index in [1.54, 1.807) is 50.2 Å². The highest BCUT2D eigenvalue weighted by molar-refractivity contribution is 6.09. The van der Waals surface area contributed by atoms with Gasteiger partial charge in [-0.05, 0) is 62.7 Å². The van der Waals surface area contributed by atoms with Gasteiger partial charge in [0, 0.05) is 11.1 Å². The van der Waals surface area contributed by atoms with Crippen molar-refractivity contribution in [2.45, 2.75) is 20.8 Å². The van der Waals surface area contributed by atoms with Gasteiger partial charge in [-0.25, -0.2) is 10.9 Å². The molecule has 0 aliphatic heterocycles. The molecule has 3 aromatic rings. The Morgan fingerprint density at radius 2 is 1.06 bits per heavy atom. The second-order valence-electron chi connectivity index (χ2n) is 7.52. The van der Waals surface area contributed by atoms with E-state index in [-0.39, 0.29) is 28.4 Å². The average Bonchev–Trinajstić information content (AvgIpc) is 2.82. The molecule has 0 aliphatic rings. The highest BCUT2D eigenvalue weighted by Crippen LogP contribution is 2.26. The molecule has 0 spiro atoms. The number of carbonyl (C=O) groups is 2. The predicted octanol–water partition coefficient (Wildman–Crippen LogP) is 3.42. The van der Waals surface area contributed by atoms with Gasteiger partial charge in [0.25, 0.3) is 11.8 Å². The van der Waals surface area contributed by atoms with Crippen LogP contribution >= 0.6 is 0 Å². The molecule has 0 aromatic heterocycles. The molecule has 5 N–H and O–H groups in total. The van der Waals surface area contributed by atoms with Crippen molar-refractivity contribution in [2.24, 2.45) is 10.2 Å². The summed E-state index contributed by atoms with van der Waals surface area (Å²) in [6.07, 6.45) is 0.